The Morgan fingerprint density at radius 2 is 2.17 bits per heavy atom. The summed E-state index contributed by atoms with van der Waals surface area (Å²) >= 11 is 6.11. The van der Waals surface area contributed by atoms with Gasteiger partial charge >= 0.3 is 0 Å². The standard InChI is InChI=1S/C14H17ClN2O/c1-9-12-7-16-6-10(12)8-17(9)14(18)11-4-2-3-5-13(11)15/h2-5,9-10,12,16H,6-8H2,1H3. The number of hydrogen-bond donors (Lipinski definition) is 1. The molecule has 1 aromatic carbocycles. The number of carbonyl (C=O) groups is 1. The molecule has 0 radical (unpaired) electrons. The molecule has 0 aliphatic carbocycles. The Morgan fingerprint density at radius 3 is 2.89 bits per heavy atom. The molecular weight excluding hydrogens is 248 g/mol. The van der Waals surface area contributed by atoms with Crippen LogP contribution in [0.4, 0.5) is 0 Å². The number of hydrogen-bond acceptors (Lipinski definition) is 2. The summed E-state index contributed by atoms with van der Waals surface area (Å²) in [6.45, 7) is 5.05. The number of fused-ring (bicyclic) bond motifs is 1. The van der Waals surface area contributed by atoms with Gasteiger partial charge in [-0.25, -0.2) is 0 Å². The topological polar surface area (TPSA) is 32.3 Å². The van der Waals surface area contributed by atoms with Crippen molar-refractivity contribution in [3.8, 4) is 0 Å². The lowest BCUT2D eigenvalue weighted by atomic mass is 9.95. The van der Waals surface area contributed by atoms with Crippen LogP contribution in [0.1, 0.15) is 17.3 Å². The van der Waals surface area contributed by atoms with E-state index in [0.717, 1.165) is 19.6 Å². The van der Waals surface area contributed by atoms with E-state index in [1.54, 1.807) is 6.07 Å². The quantitative estimate of drug-likeness (QED) is 0.842. The largest absolute Gasteiger partial charge is 0.335 e. The number of halogens is 1. The van der Waals surface area contributed by atoms with Crippen LogP contribution in [-0.2, 0) is 0 Å². The Balaban J connectivity index is 1.84. The first-order chi connectivity index (χ1) is 8.68. The van der Waals surface area contributed by atoms with Crippen LogP contribution in [0.2, 0.25) is 5.02 Å². The van der Waals surface area contributed by atoms with Crippen molar-refractivity contribution in [2.24, 2.45) is 11.8 Å². The van der Waals surface area contributed by atoms with Gasteiger partial charge in [-0.3, -0.25) is 4.79 Å². The SMILES string of the molecule is CC1C2CNCC2CN1C(=O)c1ccccc1Cl. The second-order valence-corrected chi connectivity index (χ2v) is 5.67. The number of benzene rings is 1. The summed E-state index contributed by atoms with van der Waals surface area (Å²) in [6, 6.07) is 7.60. The summed E-state index contributed by atoms with van der Waals surface area (Å²) in [7, 11) is 0. The number of carbonyl (C=O) groups excluding carboxylic acids is 1. The molecule has 2 heterocycles. The van der Waals surface area contributed by atoms with E-state index in [0.29, 0.717) is 28.5 Å². The molecule has 2 aliphatic rings. The van der Waals surface area contributed by atoms with Crippen molar-refractivity contribution >= 4 is 17.5 Å². The molecule has 3 nitrogen and oxygen atoms in total. The van der Waals surface area contributed by atoms with Gasteiger partial charge in [-0.15, -0.1) is 0 Å². The third-order valence-electron chi connectivity index (χ3n) is 4.30. The zero-order valence-corrected chi connectivity index (χ0v) is 11.2. The molecule has 4 heteroatoms. The lowest BCUT2D eigenvalue weighted by Gasteiger charge is -2.25. The molecule has 3 atom stereocenters. The fraction of sp³-hybridized carbons (Fsp3) is 0.500. The normalized spacial score (nSPS) is 30.6. The zero-order chi connectivity index (χ0) is 12.7. The molecule has 3 unspecified atom stereocenters. The molecular formula is C14H17ClN2O. The van der Waals surface area contributed by atoms with E-state index in [2.05, 4.69) is 12.2 Å². The maximum atomic E-state index is 12.5. The first-order valence-corrected chi connectivity index (χ1v) is 6.82. The third kappa shape index (κ3) is 1.82. The summed E-state index contributed by atoms with van der Waals surface area (Å²) < 4.78 is 0. The lowest BCUT2D eigenvalue weighted by Crippen LogP contribution is -2.38. The van der Waals surface area contributed by atoms with E-state index in [9.17, 15) is 4.79 Å². The Labute approximate surface area is 112 Å². The molecule has 1 N–H and O–H groups in total. The Morgan fingerprint density at radius 1 is 1.39 bits per heavy atom. The molecule has 0 spiro atoms. The van der Waals surface area contributed by atoms with Gasteiger partial charge in [-0.2, -0.15) is 0 Å². The van der Waals surface area contributed by atoms with Crippen LogP contribution >= 0.6 is 11.6 Å². The minimum Gasteiger partial charge on any atom is -0.335 e. The van der Waals surface area contributed by atoms with Gasteiger partial charge in [0.05, 0.1) is 10.6 Å². The maximum absolute atomic E-state index is 12.5. The van der Waals surface area contributed by atoms with Crippen LogP contribution in [0.3, 0.4) is 0 Å². The molecule has 0 saturated carbocycles. The van der Waals surface area contributed by atoms with Gasteiger partial charge in [0.25, 0.3) is 5.91 Å². The molecule has 96 valence electrons. The van der Waals surface area contributed by atoms with Gasteiger partial charge in [0.15, 0.2) is 0 Å². The van der Waals surface area contributed by atoms with Gasteiger partial charge in [0.2, 0.25) is 0 Å². The van der Waals surface area contributed by atoms with Gasteiger partial charge in [0, 0.05) is 25.7 Å². The smallest absolute Gasteiger partial charge is 0.255 e. The molecule has 2 fully saturated rings. The second-order valence-electron chi connectivity index (χ2n) is 5.26. The minimum atomic E-state index is 0.0718. The number of nitrogens with zero attached hydrogens (tertiary/aromatic N) is 1. The molecule has 0 bridgehead atoms. The first kappa shape index (κ1) is 12.0. The molecule has 2 aliphatic heterocycles. The molecule has 1 amide bonds. The average Bonchev–Trinajstić information content (AvgIpc) is 2.93. The van der Waals surface area contributed by atoms with Crippen molar-refractivity contribution in [2.75, 3.05) is 19.6 Å². The first-order valence-electron chi connectivity index (χ1n) is 6.44. The highest BCUT2D eigenvalue weighted by Crippen LogP contribution is 2.33. The summed E-state index contributed by atoms with van der Waals surface area (Å²) in [5.74, 6) is 1.27. The van der Waals surface area contributed by atoms with E-state index < -0.39 is 0 Å². The summed E-state index contributed by atoms with van der Waals surface area (Å²) in [5, 5.41) is 3.95. The summed E-state index contributed by atoms with van der Waals surface area (Å²) in [5.41, 5.74) is 0.624. The van der Waals surface area contributed by atoms with E-state index >= 15 is 0 Å². The Bertz CT molecular complexity index is 477. The van der Waals surface area contributed by atoms with Crippen LogP contribution in [-0.4, -0.2) is 36.5 Å². The van der Waals surface area contributed by atoms with Gasteiger partial charge in [-0.05, 0) is 30.9 Å². The van der Waals surface area contributed by atoms with Gasteiger partial charge in [0.1, 0.15) is 0 Å². The highest BCUT2D eigenvalue weighted by atomic mass is 35.5. The minimum absolute atomic E-state index is 0.0718. The number of likely N-dealkylation sites (tertiary alicyclic amines) is 1. The monoisotopic (exact) mass is 264 g/mol. The predicted molar refractivity (Wildman–Crippen MR) is 71.8 cm³/mol. The van der Waals surface area contributed by atoms with E-state index in [1.807, 2.05) is 23.1 Å². The summed E-state index contributed by atoms with van der Waals surface area (Å²) in [4.78, 5) is 14.5. The predicted octanol–water partition coefficient (Wildman–Crippen LogP) is 2.02. The van der Waals surface area contributed by atoms with Gasteiger partial charge in [-0.1, -0.05) is 23.7 Å². The molecule has 1 aromatic rings. The van der Waals surface area contributed by atoms with Crippen LogP contribution in [0.5, 0.6) is 0 Å². The summed E-state index contributed by atoms with van der Waals surface area (Å²) in [6.07, 6.45) is 0. The van der Waals surface area contributed by atoms with Crippen LogP contribution in [0.15, 0.2) is 24.3 Å². The van der Waals surface area contributed by atoms with E-state index in [1.165, 1.54) is 0 Å². The van der Waals surface area contributed by atoms with Crippen LogP contribution in [0, 0.1) is 11.8 Å². The van der Waals surface area contributed by atoms with Crippen LogP contribution in [0.25, 0.3) is 0 Å². The molecule has 18 heavy (non-hydrogen) atoms. The highest BCUT2D eigenvalue weighted by molar-refractivity contribution is 6.33. The fourth-order valence-corrected chi connectivity index (χ4v) is 3.44. The van der Waals surface area contributed by atoms with E-state index in [4.69, 9.17) is 11.6 Å². The lowest BCUT2D eigenvalue weighted by molar-refractivity contribution is 0.0728. The van der Waals surface area contributed by atoms with Crippen molar-refractivity contribution in [3.63, 3.8) is 0 Å². The van der Waals surface area contributed by atoms with Crippen LogP contribution < -0.4 is 5.32 Å². The van der Waals surface area contributed by atoms with Crippen molar-refractivity contribution in [1.29, 1.82) is 0 Å². The highest BCUT2D eigenvalue weighted by Gasteiger charge is 2.43. The van der Waals surface area contributed by atoms with Crippen molar-refractivity contribution in [1.82, 2.24) is 10.2 Å². The molecule has 0 aromatic heterocycles. The third-order valence-corrected chi connectivity index (χ3v) is 4.63. The zero-order valence-electron chi connectivity index (χ0n) is 10.4. The van der Waals surface area contributed by atoms with Crippen molar-refractivity contribution in [2.45, 2.75) is 13.0 Å². The van der Waals surface area contributed by atoms with Gasteiger partial charge < -0.3 is 10.2 Å². The number of amides is 1. The number of rotatable bonds is 1. The maximum Gasteiger partial charge on any atom is 0.255 e. The van der Waals surface area contributed by atoms with Crippen molar-refractivity contribution < 1.29 is 4.79 Å². The van der Waals surface area contributed by atoms with E-state index in [-0.39, 0.29) is 5.91 Å². The fourth-order valence-electron chi connectivity index (χ4n) is 3.23. The Hall–Kier alpha value is -1.06. The number of nitrogens with one attached hydrogen (secondary N) is 1. The molecule has 2 saturated heterocycles. The van der Waals surface area contributed by atoms with Crippen molar-refractivity contribution in [3.05, 3.63) is 34.9 Å². The molecule has 3 rings (SSSR count). The Kier molecular flexibility index (Phi) is 3.04. The average molecular weight is 265 g/mol. The second kappa shape index (κ2) is 4.56.